The molecule has 0 saturated carbocycles. The smallest absolute Gasteiger partial charge is 0.272 e. The molecule has 2 rings (SSSR count). The topological polar surface area (TPSA) is 70.6 Å². The number of nitrogens with zero attached hydrogens (tertiary/aromatic N) is 3. The van der Waals surface area contributed by atoms with Crippen LogP contribution in [-0.4, -0.2) is 60.4 Å². The first kappa shape index (κ1) is 15.8. The molecule has 1 aliphatic rings. The average molecular weight is 315 g/mol. The van der Waals surface area contributed by atoms with Gasteiger partial charge in [-0.05, 0) is 18.6 Å². The number of hydrogen-bond donors (Lipinski definition) is 0. The van der Waals surface area contributed by atoms with Crippen LogP contribution in [0.15, 0.2) is 18.2 Å². The van der Waals surface area contributed by atoms with Gasteiger partial charge in [0.05, 0.1) is 5.75 Å². The standard InChI is InChI=1S/C13H18FN3O3S/c1-2-10-21(19,20)17-8-6-16(7-9-17)13(18)11-4-3-5-12(14)15-11/h3-5H,2,6-10H2,1H3. The van der Waals surface area contributed by atoms with E-state index in [0.717, 1.165) is 0 Å². The van der Waals surface area contributed by atoms with E-state index in [1.54, 1.807) is 0 Å². The molecule has 21 heavy (non-hydrogen) atoms. The Bertz CT molecular complexity index is 613. The second-order valence-electron chi connectivity index (χ2n) is 4.85. The summed E-state index contributed by atoms with van der Waals surface area (Å²) in [6, 6.07) is 4.05. The highest BCUT2D eigenvalue weighted by Crippen LogP contribution is 2.11. The zero-order chi connectivity index (χ0) is 15.5. The van der Waals surface area contributed by atoms with Crippen LogP contribution in [0.25, 0.3) is 0 Å². The molecule has 0 aliphatic carbocycles. The summed E-state index contributed by atoms with van der Waals surface area (Å²) in [5, 5.41) is 0. The summed E-state index contributed by atoms with van der Waals surface area (Å²) >= 11 is 0. The lowest BCUT2D eigenvalue weighted by molar-refractivity contribution is 0.0690. The second-order valence-corrected chi connectivity index (χ2v) is 6.94. The molecule has 1 amide bonds. The fraction of sp³-hybridized carbons (Fsp3) is 0.538. The molecule has 1 saturated heterocycles. The van der Waals surface area contributed by atoms with Gasteiger partial charge in [0, 0.05) is 26.2 Å². The van der Waals surface area contributed by atoms with E-state index in [1.807, 2.05) is 6.92 Å². The molecule has 1 aliphatic heterocycles. The summed E-state index contributed by atoms with van der Waals surface area (Å²) in [5.41, 5.74) is 0.0415. The number of sulfonamides is 1. The Morgan fingerprint density at radius 1 is 1.29 bits per heavy atom. The van der Waals surface area contributed by atoms with E-state index in [0.29, 0.717) is 19.5 Å². The average Bonchev–Trinajstić information content (AvgIpc) is 2.46. The van der Waals surface area contributed by atoms with Crippen LogP contribution in [0, 0.1) is 5.95 Å². The number of hydrogen-bond acceptors (Lipinski definition) is 4. The predicted octanol–water partition coefficient (Wildman–Crippen LogP) is 0.718. The number of carbonyl (C=O) groups excluding carboxylic acids is 1. The molecule has 6 nitrogen and oxygen atoms in total. The van der Waals surface area contributed by atoms with Gasteiger partial charge < -0.3 is 4.90 Å². The Balaban J connectivity index is 2.00. The van der Waals surface area contributed by atoms with E-state index in [2.05, 4.69) is 4.98 Å². The molecule has 0 bridgehead atoms. The van der Waals surface area contributed by atoms with Crippen molar-refractivity contribution in [2.24, 2.45) is 0 Å². The lowest BCUT2D eigenvalue weighted by Gasteiger charge is -2.33. The number of halogens is 1. The molecule has 116 valence electrons. The first-order chi connectivity index (χ1) is 9.94. The van der Waals surface area contributed by atoms with Crippen molar-refractivity contribution in [3.05, 3.63) is 29.8 Å². The second kappa shape index (κ2) is 6.48. The molecule has 1 fully saturated rings. The van der Waals surface area contributed by atoms with Crippen LogP contribution in [0.3, 0.4) is 0 Å². The Morgan fingerprint density at radius 2 is 1.95 bits per heavy atom. The van der Waals surface area contributed by atoms with Crippen LogP contribution in [0.2, 0.25) is 0 Å². The summed E-state index contributed by atoms with van der Waals surface area (Å²) in [6.45, 7) is 2.93. The number of piperazine rings is 1. The van der Waals surface area contributed by atoms with Crippen molar-refractivity contribution in [1.82, 2.24) is 14.2 Å². The number of rotatable bonds is 4. The van der Waals surface area contributed by atoms with E-state index < -0.39 is 16.0 Å². The summed E-state index contributed by atoms with van der Waals surface area (Å²) < 4.78 is 38.3. The monoisotopic (exact) mass is 315 g/mol. The Morgan fingerprint density at radius 3 is 2.52 bits per heavy atom. The van der Waals surface area contributed by atoms with Crippen molar-refractivity contribution in [3.63, 3.8) is 0 Å². The van der Waals surface area contributed by atoms with Gasteiger partial charge in [-0.15, -0.1) is 0 Å². The summed E-state index contributed by atoms with van der Waals surface area (Å²) in [4.78, 5) is 17.2. The molecule has 8 heteroatoms. The van der Waals surface area contributed by atoms with Gasteiger partial charge in [-0.1, -0.05) is 13.0 Å². The zero-order valence-electron chi connectivity index (χ0n) is 11.8. The first-order valence-electron chi connectivity index (χ1n) is 6.83. The van der Waals surface area contributed by atoms with Gasteiger partial charge in [0.2, 0.25) is 16.0 Å². The maximum Gasteiger partial charge on any atom is 0.272 e. The van der Waals surface area contributed by atoms with Crippen LogP contribution < -0.4 is 0 Å². The third kappa shape index (κ3) is 3.76. The van der Waals surface area contributed by atoms with Crippen molar-refractivity contribution < 1.29 is 17.6 Å². The maximum absolute atomic E-state index is 13.0. The molecular formula is C13H18FN3O3S. The molecule has 0 atom stereocenters. The van der Waals surface area contributed by atoms with E-state index in [4.69, 9.17) is 0 Å². The minimum atomic E-state index is -3.23. The zero-order valence-corrected chi connectivity index (χ0v) is 12.6. The van der Waals surface area contributed by atoms with Crippen molar-refractivity contribution in [1.29, 1.82) is 0 Å². The molecular weight excluding hydrogens is 297 g/mol. The van der Waals surface area contributed by atoms with Gasteiger partial charge in [0.1, 0.15) is 5.69 Å². The fourth-order valence-corrected chi connectivity index (χ4v) is 3.74. The van der Waals surface area contributed by atoms with Crippen molar-refractivity contribution in [3.8, 4) is 0 Å². The Kier molecular flexibility index (Phi) is 4.89. The van der Waals surface area contributed by atoms with Crippen molar-refractivity contribution >= 4 is 15.9 Å². The highest BCUT2D eigenvalue weighted by molar-refractivity contribution is 7.89. The van der Waals surface area contributed by atoms with Gasteiger partial charge in [-0.25, -0.2) is 13.4 Å². The molecule has 0 unspecified atom stereocenters. The molecule has 1 aromatic rings. The number of aromatic nitrogens is 1. The Labute approximate surface area is 123 Å². The molecule has 0 aromatic carbocycles. The van der Waals surface area contributed by atoms with Crippen molar-refractivity contribution in [2.75, 3.05) is 31.9 Å². The number of pyridine rings is 1. The van der Waals surface area contributed by atoms with Crippen LogP contribution in [0.1, 0.15) is 23.8 Å². The lowest BCUT2D eigenvalue weighted by Crippen LogP contribution is -2.51. The predicted molar refractivity (Wildman–Crippen MR) is 75.7 cm³/mol. The van der Waals surface area contributed by atoms with Crippen LogP contribution in [0.5, 0.6) is 0 Å². The number of amides is 1. The van der Waals surface area contributed by atoms with Gasteiger partial charge in [0.25, 0.3) is 5.91 Å². The molecule has 1 aromatic heterocycles. The summed E-state index contributed by atoms with van der Waals surface area (Å²) in [7, 11) is -3.23. The summed E-state index contributed by atoms with van der Waals surface area (Å²) in [6.07, 6.45) is 0.564. The number of carbonyl (C=O) groups is 1. The van der Waals surface area contributed by atoms with Gasteiger partial charge in [-0.2, -0.15) is 8.70 Å². The van der Waals surface area contributed by atoms with Crippen LogP contribution in [0.4, 0.5) is 4.39 Å². The Hall–Kier alpha value is -1.54. The normalized spacial score (nSPS) is 17.0. The largest absolute Gasteiger partial charge is 0.335 e. The van der Waals surface area contributed by atoms with Crippen LogP contribution in [-0.2, 0) is 10.0 Å². The van der Waals surface area contributed by atoms with E-state index in [9.17, 15) is 17.6 Å². The first-order valence-corrected chi connectivity index (χ1v) is 8.44. The molecule has 2 heterocycles. The third-order valence-corrected chi connectivity index (χ3v) is 5.39. The molecule has 0 radical (unpaired) electrons. The van der Waals surface area contributed by atoms with Gasteiger partial charge in [-0.3, -0.25) is 4.79 Å². The third-order valence-electron chi connectivity index (χ3n) is 3.32. The van der Waals surface area contributed by atoms with E-state index in [-0.39, 0.29) is 30.4 Å². The van der Waals surface area contributed by atoms with Gasteiger partial charge >= 0.3 is 0 Å². The van der Waals surface area contributed by atoms with Crippen LogP contribution >= 0.6 is 0 Å². The van der Waals surface area contributed by atoms with E-state index >= 15 is 0 Å². The fourth-order valence-electron chi connectivity index (χ4n) is 2.25. The SMILES string of the molecule is CCCS(=O)(=O)N1CCN(C(=O)c2cccc(F)n2)CC1. The van der Waals surface area contributed by atoms with Crippen molar-refractivity contribution in [2.45, 2.75) is 13.3 Å². The minimum absolute atomic E-state index is 0.0415. The highest BCUT2D eigenvalue weighted by atomic mass is 32.2. The summed E-state index contributed by atoms with van der Waals surface area (Å²) in [5.74, 6) is -0.959. The van der Waals surface area contributed by atoms with Gasteiger partial charge in [0.15, 0.2) is 0 Å². The minimum Gasteiger partial charge on any atom is -0.335 e. The maximum atomic E-state index is 13.0. The quantitative estimate of drug-likeness (QED) is 0.768. The highest BCUT2D eigenvalue weighted by Gasteiger charge is 2.29. The molecule has 0 N–H and O–H groups in total. The van der Waals surface area contributed by atoms with E-state index in [1.165, 1.54) is 27.4 Å². The molecule has 0 spiro atoms. The lowest BCUT2D eigenvalue weighted by atomic mass is 10.3.